The molecule has 0 bridgehead atoms. The fourth-order valence-electron chi connectivity index (χ4n) is 2.07. The predicted octanol–water partition coefficient (Wildman–Crippen LogP) is 3.48. The first kappa shape index (κ1) is 11.1. The third kappa shape index (κ3) is 1.93. The van der Waals surface area contributed by atoms with Crippen molar-refractivity contribution in [1.82, 2.24) is 5.32 Å². The van der Waals surface area contributed by atoms with Crippen molar-refractivity contribution in [2.75, 3.05) is 6.54 Å². The molecule has 0 amide bonds. The molecule has 1 unspecified atom stereocenters. The number of hydrogen-bond acceptors (Lipinski definition) is 3. The maximum Gasteiger partial charge on any atom is 0.180 e. The topological polar surface area (TPSA) is 30.5 Å². The van der Waals surface area contributed by atoms with Crippen LogP contribution in [0.5, 0.6) is 17.2 Å². The second-order valence-electron chi connectivity index (χ2n) is 4.14. The Labute approximate surface area is 106 Å². The van der Waals surface area contributed by atoms with Crippen LogP contribution in [0.4, 0.5) is 0 Å². The zero-order valence-corrected chi connectivity index (χ0v) is 10.2. The van der Waals surface area contributed by atoms with Crippen molar-refractivity contribution in [3.05, 3.63) is 54.1 Å². The first-order valence-corrected chi connectivity index (χ1v) is 6.14. The van der Waals surface area contributed by atoms with Crippen LogP contribution in [0.1, 0.15) is 18.7 Å². The normalized spacial score (nSPS) is 16.8. The lowest BCUT2D eigenvalue weighted by molar-refractivity contribution is 0.171. The van der Waals surface area contributed by atoms with Crippen LogP contribution < -0.4 is 14.8 Å². The van der Waals surface area contributed by atoms with Crippen LogP contribution in [0.15, 0.2) is 48.5 Å². The quantitative estimate of drug-likeness (QED) is 0.873. The molecule has 0 radical (unpaired) electrons. The Bertz CT molecular complexity index is 554. The van der Waals surface area contributed by atoms with Crippen molar-refractivity contribution in [2.24, 2.45) is 0 Å². The van der Waals surface area contributed by atoms with E-state index in [4.69, 9.17) is 9.47 Å². The fourth-order valence-corrected chi connectivity index (χ4v) is 2.07. The Morgan fingerprint density at radius 3 is 2.39 bits per heavy atom. The summed E-state index contributed by atoms with van der Waals surface area (Å²) in [5, 5.41) is 3.32. The minimum Gasteiger partial charge on any atom is -0.467 e. The van der Waals surface area contributed by atoms with E-state index in [1.807, 2.05) is 48.5 Å². The van der Waals surface area contributed by atoms with Gasteiger partial charge in [-0.15, -0.1) is 0 Å². The summed E-state index contributed by atoms with van der Waals surface area (Å²) in [5.74, 6) is 2.36. The number of benzene rings is 2. The van der Waals surface area contributed by atoms with Gasteiger partial charge in [-0.2, -0.15) is 0 Å². The van der Waals surface area contributed by atoms with E-state index >= 15 is 0 Å². The van der Waals surface area contributed by atoms with Gasteiger partial charge >= 0.3 is 0 Å². The average molecular weight is 241 g/mol. The molecule has 0 saturated heterocycles. The Balaban J connectivity index is 2.08. The Morgan fingerprint density at radius 2 is 1.61 bits per heavy atom. The average Bonchev–Trinajstić information content (AvgIpc) is 2.56. The maximum atomic E-state index is 5.99. The number of para-hydroxylation sites is 3. The summed E-state index contributed by atoms with van der Waals surface area (Å²) in [6.45, 7) is 2.89. The lowest BCUT2D eigenvalue weighted by atomic mass is 10.1. The Hall–Kier alpha value is -2.00. The lowest BCUT2D eigenvalue weighted by Gasteiger charge is -2.18. The summed E-state index contributed by atoms with van der Waals surface area (Å²) in [5.41, 5.74) is 1.02. The van der Waals surface area contributed by atoms with Gasteiger partial charge < -0.3 is 9.47 Å². The van der Waals surface area contributed by atoms with Gasteiger partial charge in [-0.25, -0.2) is 0 Å². The predicted molar refractivity (Wildman–Crippen MR) is 70.0 cm³/mol. The largest absolute Gasteiger partial charge is 0.467 e. The highest BCUT2D eigenvalue weighted by atomic mass is 16.5. The van der Waals surface area contributed by atoms with Gasteiger partial charge in [-0.05, 0) is 24.7 Å². The lowest BCUT2D eigenvalue weighted by Crippen LogP contribution is -2.25. The van der Waals surface area contributed by atoms with Gasteiger partial charge in [-0.1, -0.05) is 37.3 Å². The summed E-state index contributed by atoms with van der Waals surface area (Å²) >= 11 is 0. The molecule has 0 saturated carbocycles. The summed E-state index contributed by atoms with van der Waals surface area (Å²) in [6.07, 6.45) is -0.171. The van der Waals surface area contributed by atoms with E-state index in [2.05, 4.69) is 12.2 Å². The highest BCUT2D eigenvalue weighted by Crippen LogP contribution is 2.40. The Morgan fingerprint density at radius 1 is 0.944 bits per heavy atom. The van der Waals surface area contributed by atoms with Crippen LogP contribution in [-0.4, -0.2) is 6.54 Å². The zero-order chi connectivity index (χ0) is 12.4. The standard InChI is InChI=1S/C15H15NO2/c1-2-16-15-11-7-3-4-8-12(11)17-13-9-5-6-10-14(13)18-15/h3-10,15-16H,2H2,1H3. The molecule has 1 atom stereocenters. The number of ether oxygens (including phenoxy) is 2. The monoisotopic (exact) mass is 241 g/mol. The van der Waals surface area contributed by atoms with E-state index in [0.717, 1.165) is 29.4 Å². The van der Waals surface area contributed by atoms with E-state index in [9.17, 15) is 0 Å². The number of fused-ring (bicyclic) bond motifs is 2. The second kappa shape index (κ2) is 4.70. The SMILES string of the molecule is CCNC1Oc2ccccc2Oc2ccccc21. The van der Waals surface area contributed by atoms with E-state index in [1.54, 1.807) is 0 Å². The summed E-state index contributed by atoms with van der Waals surface area (Å²) in [4.78, 5) is 0. The summed E-state index contributed by atoms with van der Waals surface area (Å²) < 4.78 is 11.9. The van der Waals surface area contributed by atoms with Crippen LogP contribution in [0.2, 0.25) is 0 Å². The smallest absolute Gasteiger partial charge is 0.180 e. The van der Waals surface area contributed by atoms with Gasteiger partial charge in [0.25, 0.3) is 0 Å². The van der Waals surface area contributed by atoms with Gasteiger partial charge in [0.2, 0.25) is 0 Å². The van der Waals surface area contributed by atoms with Crippen LogP contribution in [0.3, 0.4) is 0 Å². The molecule has 3 rings (SSSR count). The van der Waals surface area contributed by atoms with Gasteiger partial charge in [0.05, 0.1) is 5.56 Å². The van der Waals surface area contributed by atoms with Crippen LogP contribution in [0, 0.1) is 0 Å². The van der Waals surface area contributed by atoms with Gasteiger partial charge in [0.1, 0.15) is 5.75 Å². The molecule has 1 heterocycles. The van der Waals surface area contributed by atoms with Crippen LogP contribution in [-0.2, 0) is 0 Å². The molecule has 0 aliphatic carbocycles. The molecule has 0 spiro atoms. The molecule has 0 fully saturated rings. The van der Waals surface area contributed by atoms with E-state index in [-0.39, 0.29) is 6.23 Å². The number of hydrogen-bond donors (Lipinski definition) is 1. The molecular formula is C15H15NO2. The van der Waals surface area contributed by atoms with E-state index in [1.165, 1.54) is 0 Å². The summed E-state index contributed by atoms with van der Waals surface area (Å²) in [7, 11) is 0. The number of rotatable bonds is 2. The highest BCUT2D eigenvalue weighted by Gasteiger charge is 2.23. The first-order valence-electron chi connectivity index (χ1n) is 6.14. The first-order chi connectivity index (χ1) is 8.88. The molecule has 1 aliphatic rings. The maximum absolute atomic E-state index is 5.99. The van der Waals surface area contributed by atoms with Crippen molar-refractivity contribution in [2.45, 2.75) is 13.2 Å². The van der Waals surface area contributed by atoms with Crippen LogP contribution in [0.25, 0.3) is 0 Å². The van der Waals surface area contributed by atoms with Gasteiger partial charge in [0, 0.05) is 0 Å². The summed E-state index contributed by atoms with van der Waals surface area (Å²) in [6, 6.07) is 15.7. The molecule has 2 aromatic rings. The zero-order valence-electron chi connectivity index (χ0n) is 10.2. The third-order valence-electron chi connectivity index (χ3n) is 2.90. The fraction of sp³-hybridized carbons (Fsp3) is 0.200. The molecule has 1 aliphatic heterocycles. The molecule has 0 aromatic heterocycles. The molecule has 1 N–H and O–H groups in total. The van der Waals surface area contributed by atoms with Crippen LogP contribution >= 0.6 is 0 Å². The molecule has 2 aromatic carbocycles. The van der Waals surface area contributed by atoms with Crippen molar-refractivity contribution in [3.63, 3.8) is 0 Å². The molecule has 3 heteroatoms. The molecule has 3 nitrogen and oxygen atoms in total. The van der Waals surface area contributed by atoms with Crippen molar-refractivity contribution in [3.8, 4) is 17.2 Å². The van der Waals surface area contributed by atoms with Gasteiger partial charge in [-0.3, -0.25) is 5.32 Å². The minimum atomic E-state index is -0.171. The second-order valence-corrected chi connectivity index (χ2v) is 4.14. The molecule has 92 valence electrons. The van der Waals surface area contributed by atoms with Crippen molar-refractivity contribution < 1.29 is 9.47 Å². The van der Waals surface area contributed by atoms with E-state index < -0.39 is 0 Å². The molecular weight excluding hydrogens is 226 g/mol. The van der Waals surface area contributed by atoms with Gasteiger partial charge in [0.15, 0.2) is 17.7 Å². The number of nitrogens with one attached hydrogen (secondary N) is 1. The van der Waals surface area contributed by atoms with E-state index in [0.29, 0.717) is 0 Å². The Kier molecular flexibility index (Phi) is 2.90. The highest BCUT2D eigenvalue weighted by molar-refractivity contribution is 5.48. The third-order valence-corrected chi connectivity index (χ3v) is 2.90. The van der Waals surface area contributed by atoms with Crippen molar-refractivity contribution >= 4 is 0 Å². The minimum absolute atomic E-state index is 0.171. The van der Waals surface area contributed by atoms with Crippen molar-refractivity contribution in [1.29, 1.82) is 0 Å². The molecule has 18 heavy (non-hydrogen) atoms.